The molecule has 0 unspecified atom stereocenters. The standard InChI is InChI=1S/C27H29N5O2S/c1-4-31(5-2)15-7-6-8-24(33)21-13-14-23-25(16-21)35-27-29-22(17-32(23)27)19-9-11-20(12-10-19)26-28-18(3)30-34-26/h9-14,16-17H,4-8,15H2,1-3H3. The summed E-state index contributed by atoms with van der Waals surface area (Å²) >= 11 is 1.61. The molecular weight excluding hydrogens is 458 g/mol. The number of carbonyl (C=O) groups excluding carboxylic acids is 1. The van der Waals surface area contributed by atoms with Gasteiger partial charge in [0, 0.05) is 29.3 Å². The first-order chi connectivity index (χ1) is 17.1. The molecule has 0 saturated carbocycles. The number of aromatic nitrogens is 4. The number of aryl methyl sites for hydroxylation is 1. The number of hydrogen-bond donors (Lipinski definition) is 0. The molecule has 0 aliphatic carbocycles. The third-order valence-corrected chi connectivity index (χ3v) is 7.41. The molecule has 0 radical (unpaired) electrons. The van der Waals surface area contributed by atoms with Crippen LogP contribution >= 0.6 is 11.3 Å². The van der Waals surface area contributed by atoms with Crippen molar-refractivity contribution >= 4 is 32.3 Å². The second-order valence-corrected chi connectivity index (χ2v) is 9.70. The number of rotatable bonds is 10. The van der Waals surface area contributed by atoms with Crippen LogP contribution in [0.15, 0.2) is 53.2 Å². The zero-order chi connectivity index (χ0) is 24.4. The number of unbranched alkanes of at least 4 members (excludes halogenated alkanes) is 1. The molecule has 5 rings (SSSR count). The van der Waals surface area contributed by atoms with E-state index in [1.54, 1.807) is 18.3 Å². The van der Waals surface area contributed by atoms with Crippen molar-refractivity contribution in [2.45, 2.75) is 40.0 Å². The summed E-state index contributed by atoms with van der Waals surface area (Å²) in [6, 6.07) is 14.0. The molecule has 0 atom stereocenters. The molecule has 35 heavy (non-hydrogen) atoms. The lowest BCUT2D eigenvalue weighted by molar-refractivity contribution is 0.0978. The summed E-state index contributed by atoms with van der Waals surface area (Å²) in [7, 11) is 0. The predicted molar refractivity (Wildman–Crippen MR) is 140 cm³/mol. The van der Waals surface area contributed by atoms with Gasteiger partial charge in [-0.25, -0.2) is 4.98 Å². The maximum atomic E-state index is 12.7. The summed E-state index contributed by atoms with van der Waals surface area (Å²) in [4.78, 5) is 25.2. The van der Waals surface area contributed by atoms with E-state index in [2.05, 4.69) is 39.5 Å². The molecule has 0 fully saturated rings. The molecule has 8 heteroatoms. The molecule has 0 N–H and O–H groups in total. The number of hydrogen-bond acceptors (Lipinski definition) is 7. The highest BCUT2D eigenvalue weighted by atomic mass is 32.1. The molecular formula is C27H29N5O2S. The van der Waals surface area contributed by atoms with E-state index in [9.17, 15) is 4.79 Å². The third kappa shape index (κ3) is 4.90. The molecule has 0 amide bonds. The third-order valence-electron chi connectivity index (χ3n) is 6.39. The van der Waals surface area contributed by atoms with Crippen molar-refractivity contribution < 1.29 is 9.32 Å². The molecule has 180 valence electrons. The van der Waals surface area contributed by atoms with Gasteiger partial charge in [0.1, 0.15) is 0 Å². The van der Waals surface area contributed by atoms with E-state index in [1.807, 2.05) is 42.5 Å². The summed E-state index contributed by atoms with van der Waals surface area (Å²) in [5.41, 5.74) is 4.66. The van der Waals surface area contributed by atoms with E-state index in [-0.39, 0.29) is 5.78 Å². The van der Waals surface area contributed by atoms with Crippen molar-refractivity contribution in [3.8, 4) is 22.7 Å². The van der Waals surface area contributed by atoms with Gasteiger partial charge < -0.3 is 9.42 Å². The Balaban J connectivity index is 1.29. The zero-order valence-corrected chi connectivity index (χ0v) is 21.1. The number of nitrogens with zero attached hydrogens (tertiary/aromatic N) is 5. The first kappa shape index (κ1) is 23.4. The maximum Gasteiger partial charge on any atom is 0.257 e. The van der Waals surface area contributed by atoms with Crippen molar-refractivity contribution in [2.75, 3.05) is 19.6 Å². The van der Waals surface area contributed by atoms with Gasteiger partial charge in [0.25, 0.3) is 5.89 Å². The Morgan fingerprint density at radius 3 is 2.51 bits per heavy atom. The molecule has 2 aromatic carbocycles. The fourth-order valence-corrected chi connectivity index (χ4v) is 5.36. The summed E-state index contributed by atoms with van der Waals surface area (Å²) in [6.45, 7) is 9.35. The van der Waals surface area contributed by atoms with Crippen molar-refractivity contribution in [3.63, 3.8) is 0 Å². The number of benzene rings is 2. The zero-order valence-electron chi connectivity index (χ0n) is 20.3. The minimum Gasteiger partial charge on any atom is -0.334 e. The highest BCUT2D eigenvalue weighted by Crippen LogP contribution is 2.31. The quantitative estimate of drug-likeness (QED) is 0.171. The molecule has 0 saturated heterocycles. The van der Waals surface area contributed by atoms with Crippen LogP contribution in [0.1, 0.15) is 49.3 Å². The Hall–Kier alpha value is -3.36. The number of thiazole rings is 1. The fourth-order valence-electron chi connectivity index (χ4n) is 4.32. The number of Topliss-reactive ketones (excluding diaryl/α,β-unsaturated/α-hetero) is 1. The monoisotopic (exact) mass is 487 g/mol. The van der Waals surface area contributed by atoms with Gasteiger partial charge in [0.15, 0.2) is 16.6 Å². The van der Waals surface area contributed by atoms with Gasteiger partial charge in [-0.15, -0.1) is 0 Å². The van der Waals surface area contributed by atoms with Crippen LogP contribution < -0.4 is 0 Å². The van der Waals surface area contributed by atoms with Crippen molar-refractivity contribution in [2.24, 2.45) is 0 Å². The highest BCUT2D eigenvalue weighted by molar-refractivity contribution is 7.23. The smallest absolute Gasteiger partial charge is 0.257 e. The van der Waals surface area contributed by atoms with Gasteiger partial charge in [-0.05, 0) is 69.7 Å². The van der Waals surface area contributed by atoms with E-state index in [0.29, 0.717) is 18.1 Å². The van der Waals surface area contributed by atoms with Crippen LogP contribution in [-0.2, 0) is 0 Å². The second-order valence-electron chi connectivity index (χ2n) is 8.69. The number of fused-ring (bicyclic) bond motifs is 3. The van der Waals surface area contributed by atoms with Crippen LogP contribution in [0.25, 0.3) is 37.9 Å². The Bertz CT molecular complexity index is 1460. The van der Waals surface area contributed by atoms with Crippen LogP contribution in [0.3, 0.4) is 0 Å². The molecule has 0 aliphatic rings. The second kappa shape index (κ2) is 10.1. The van der Waals surface area contributed by atoms with Crippen LogP contribution in [0.4, 0.5) is 0 Å². The van der Waals surface area contributed by atoms with E-state index in [1.165, 1.54) is 0 Å². The Kier molecular flexibility index (Phi) is 6.74. The Morgan fingerprint density at radius 1 is 1.03 bits per heavy atom. The Labute approximate surface area is 208 Å². The lowest BCUT2D eigenvalue weighted by Gasteiger charge is -2.17. The molecule has 0 aliphatic heterocycles. The lowest BCUT2D eigenvalue weighted by Crippen LogP contribution is -2.24. The van der Waals surface area contributed by atoms with E-state index in [4.69, 9.17) is 9.51 Å². The average molecular weight is 488 g/mol. The van der Waals surface area contributed by atoms with Gasteiger partial charge in [0.2, 0.25) is 0 Å². The van der Waals surface area contributed by atoms with Crippen LogP contribution in [0.2, 0.25) is 0 Å². The summed E-state index contributed by atoms with van der Waals surface area (Å²) in [6.07, 6.45) is 4.63. The summed E-state index contributed by atoms with van der Waals surface area (Å²) in [5.74, 6) is 1.35. The topological polar surface area (TPSA) is 76.5 Å². The first-order valence-corrected chi connectivity index (χ1v) is 13.0. The van der Waals surface area contributed by atoms with Gasteiger partial charge in [0.05, 0.1) is 15.9 Å². The largest absolute Gasteiger partial charge is 0.334 e. The minimum absolute atomic E-state index is 0.217. The number of imidazole rings is 1. The van der Waals surface area contributed by atoms with Crippen LogP contribution in [0.5, 0.6) is 0 Å². The average Bonchev–Trinajstić information content (AvgIpc) is 3.58. The Morgan fingerprint density at radius 2 is 1.80 bits per heavy atom. The van der Waals surface area contributed by atoms with E-state index in [0.717, 1.165) is 70.0 Å². The highest BCUT2D eigenvalue weighted by Gasteiger charge is 2.14. The number of ketones is 1. The normalized spacial score (nSPS) is 11.8. The fraction of sp³-hybridized carbons (Fsp3) is 0.333. The van der Waals surface area contributed by atoms with Gasteiger partial charge >= 0.3 is 0 Å². The van der Waals surface area contributed by atoms with Crippen LogP contribution in [-0.4, -0.2) is 49.8 Å². The molecule has 3 aromatic heterocycles. The maximum absolute atomic E-state index is 12.7. The van der Waals surface area contributed by atoms with Gasteiger partial charge in [-0.1, -0.05) is 42.5 Å². The lowest BCUT2D eigenvalue weighted by atomic mass is 10.1. The van der Waals surface area contributed by atoms with E-state index >= 15 is 0 Å². The molecule has 5 aromatic rings. The molecule has 0 bridgehead atoms. The number of carbonyl (C=O) groups is 1. The minimum atomic E-state index is 0.217. The SMILES string of the molecule is CCN(CC)CCCCC(=O)c1ccc2c(c1)sc1nc(-c3ccc(-c4nc(C)no4)cc3)cn12. The van der Waals surface area contributed by atoms with Gasteiger partial charge in [-0.2, -0.15) is 4.98 Å². The summed E-state index contributed by atoms with van der Waals surface area (Å²) < 4.78 is 8.43. The van der Waals surface area contributed by atoms with Crippen molar-refractivity contribution in [1.29, 1.82) is 0 Å². The van der Waals surface area contributed by atoms with E-state index < -0.39 is 0 Å². The van der Waals surface area contributed by atoms with Crippen molar-refractivity contribution in [1.82, 2.24) is 24.4 Å². The molecule has 0 spiro atoms. The first-order valence-electron chi connectivity index (χ1n) is 12.1. The molecule has 7 nitrogen and oxygen atoms in total. The predicted octanol–water partition coefficient (Wildman–Crippen LogP) is 6.27. The van der Waals surface area contributed by atoms with Crippen LogP contribution in [0, 0.1) is 6.92 Å². The van der Waals surface area contributed by atoms with Gasteiger partial charge in [-0.3, -0.25) is 9.20 Å². The van der Waals surface area contributed by atoms with Crippen molar-refractivity contribution in [3.05, 3.63) is 60.0 Å². The summed E-state index contributed by atoms with van der Waals surface area (Å²) in [5, 5.41) is 3.85. The molecule has 3 heterocycles.